The molecule has 0 radical (unpaired) electrons. The summed E-state index contributed by atoms with van der Waals surface area (Å²) in [4.78, 5) is 14.1. The van der Waals surface area contributed by atoms with E-state index in [0.717, 1.165) is 6.42 Å². The molecule has 0 fully saturated rings. The minimum atomic E-state index is 0.324. The first-order chi connectivity index (χ1) is 17.1. The van der Waals surface area contributed by atoms with Gasteiger partial charge >= 0.3 is 0 Å². The van der Waals surface area contributed by atoms with E-state index in [-0.39, 0.29) is 0 Å². The Morgan fingerprint density at radius 3 is 0.971 bits per heavy atom. The van der Waals surface area contributed by atoms with Gasteiger partial charge in [0, 0.05) is 20.5 Å². The van der Waals surface area contributed by atoms with E-state index >= 15 is 0 Å². The van der Waals surface area contributed by atoms with E-state index in [0.29, 0.717) is 11.8 Å². The molecule has 0 saturated heterocycles. The van der Waals surface area contributed by atoms with Crippen LogP contribution in [0, 0.1) is 5.92 Å². The maximum Gasteiger partial charge on any atom is 0.222 e. The van der Waals surface area contributed by atoms with Gasteiger partial charge in [0.05, 0.1) is 0 Å². The number of carbonyl (C=O) groups is 1. The lowest BCUT2D eigenvalue weighted by atomic mass is 9.91. The van der Waals surface area contributed by atoms with E-state index in [9.17, 15) is 4.79 Å². The summed E-state index contributed by atoms with van der Waals surface area (Å²) in [5.74, 6) is 0.932. The number of rotatable bonds is 28. The molecule has 1 unspecified atom stereocenters. The quantitative estimate of drug-likeness (QED) is 0.0992. The fourth-order valence-electron chi connectivity index (χ4n) is 5.33. The van der Waals surface area contributed by atoms with Crippen LogP contribution < -0.4 is 0 Å². The molecule has 0 aliphatic rings. The Hall–Kier alpha value is -0.530. The number of nitrogens with zero attached hydrogens (tertiary/aromatic N) is 1. The largest absolute Gasteiger partial charge is 0.349 e. The van der Waals surface area contributed by atoms with Crippen LogP contribution >= 0.6 is 0 Å². The highest BCUT2D eigenvalue weighted by Crippen LogP contribution is 2.23. The first kappa shape index (κ1) is 34.5. The highest BCUT2D eigenvalue weighted by molar-refractivity contribution is 5.75. The van der Waals surface area contributed by atoms with Crippen molar-refractivity contribution in [3.05, 3.63) is 0 Å². The molecule has 0 aromatic heterocycles. The molecule has 2 heteroatoms. The van der Waals surface area contributed by atoms with Crippen LogP contribution in [-0.4, -0.2) is 24.9 Å². The van der Waals surface area contributed by atoms with Crippen molar-refractivity contribution in [1.29, 1.82) is 0 Å². The molecule has 1 amide bonds. The van der Waals surface area contributed by atoms with Crippen LogP contribution in [0.25, 0.3) is 0 Å². The lowest BCUT2D eigenvalue weighted by Gasteiger charge is -2.19. The van der Waals surface area contributed by atoms with Crippen molar-refractivity contribution < 1.29 is 4.79 Å². The molecule has 0 aliphatic carbocycles. The minimum absolute atomic E-state index is 0.324. The van der Waals surface area contributed by atoms with Gasteiger partial charge in [-0.15, -0.1) is 0 Å². The van der Waals surface area contributed by atoms with E-state index in [4.69, 9.17) is 0 Å². The third-order valence-corrected chi connectivity index (χ3v) is 7.89. The molecule has 0 aliphatic heterocycles. The third kappa shape index (κ3) is 26.3. The Morgan fingerprint density at radius 2 is 0.714 bits per heavy atom. The van der Waals surface area contributed by atoms with Gasteiger partial charge in [-0.2, -0.15) is 0 Å². The van der Waals surface area contributed by atoms with Crippen molar-refractivity contribution in [3.63, 3.8) is 0 Å². The Bertz CT molecular complexity index is 419. The van der Waals surface area contributed by atoms with Crippen LogP contribution in [0.1, 0.15) is 187 Å². The monoisotopic (exact) mass is 494 g/mol. The maximum atomic E-state index is 12.3. The zero-order chi connectivity index (χ0) is 25.8. The van der Waals surface area contributed by atoms with Crippen LogP contribution in [0.2, 0.25) is 0 Å². The smallest absolute Gasteiger partial charge is 0.222 e. The maximum absolute atomic E-state index is 12.3. The van der Waals surface area contributed by atoms with Crippen molar-refractivity contribution in [2.75, 3.05) is 14.1 Å². The lowest BCUT2D eigenvalue weighted by molar-refractivity contribution is -0.129. The van der Waals surface area contributed by atoms with Gasteiger partial charge in [-0.3, -0.25) is 4.79 Å². The van der Waals surface area contributed by atoms with Crippen molar-refractivity contribution in [3.8, 4) is 0 Å². The molecule has 0 saturated carbocycles. The number of hydrogen-bond donors (Lipinski definition) is 0. The van der Waals surface area contributed by atoms with Gasteiger partial charge < -0.3 is 4.90 Å². The molecule has 0 heterocycles. The van der Waals surface area contributed by atoms with Gasteiger partial charge in [0.15, 0.2) is 0 Å². The van der Waals surface area contributed by atoms with Gasteiger partial charge in [-0.25, -0.2) is 0 Å². The van der Waals surface area contributed by atoms with Gasteiger partial charge in [0.2, 0.25) is 5.91 Å². The second-order valence-corrected chi connectivity index (χ2v) is 11.7. The van der Waals surface area contributed by atoms with Crippen LogP contribution in [0.5, 0.6) is 0 Å². The Labute approximate surface area is 222 Å². The molecule has 1 atom stereocenters. The first-order valence-corrected chi connectivity index (χ1v) is 16.3. The summed E-state index contributed by atoms with van der Waals surface area (Å²) in [7, 11) is 3.81. The predicted octanol–water partition coefficient (Wildman–Crippen LogP) is 11.3. The van der Waals surface area contributed by atoms with Crippen LogP contribution in [0.3, 0.4) is 0 Å². The fourth-order valence-corrected chi connectivity index (χ4v) is 5.33. The summed E-state index contributed by atoms with van der Waals surface area (Å²) in [6.45, 7) is 4.58. The third-order valence-electron chi connectivity index (χ3n) is 7.89. The number of hydrogen-bond acceptors (Lipinski definition) is 1. The van der Waals surface area contributed by atoms with E-state index in [1.54, 1.807) is 4.90 Å². The molecule has 210 valence electrons. The van der Waals surface area contributed by atoms with E-state index in [2.05, 4.69) is 13.8 Å². The van der Waals surface area contributed by atoms with Gasteiger partial charge in [-0.1, -0.05) is 168 Å². The summed E-state index contributed by atoms with van der Waals surface area (Å²) in [5.41, 5.74) is 0. The molecule has 0 aromatic rings. The SMILES string of the molecule is CCCCCCCCCCCCCCCCCCCC(CCCCCCCCC)CC(=O)N(C)C. The molecule has 0 spiro atoms. The number of unbranched alkanes of at least 4 members (excludes halogenated alkanes) is 22. The molecule has 0 bridgehead atoms. The van der Waals surface area contributed by atoms with Crippen molar-refractivity contribution in [2.45, 2.75) is 187 Å². The van der Waals surface area contributed by atoms with E-state index < -0.39 is 0 Å². The number of carbonyl (C=O) groups excluding carboxylic acids is 1. The Morgan fingerprint density at radius 1 is 0.457 bits per heavy atom. The zero-order valence-corrected chi connectivity index (χ0v) is 25.0. The van der Waals surface area contributed by atoms with Crippen molar-refractivity contribution in [1.82, 2.24) is 4.90 Å². The summed E-state index contributed by atoms with van der Waals surface area (Å²) in [6.07, 6.45) is 37.1. The highest BCUT2D eigenvalue weighted by Gasteiger charge is 2.15. The second-order valence-electron chi connectivity index (χ2n) is 11.7. The van der Waals surface area contributed by atoms with Gasteiger partial charge in [-0.05, 0) is 18.8 Å². The van der Waals surface area contributed by atoms with Crippen molar-refractivity contribution >= 4 is 5.91 Å². The van der Waals surface area contributed by atoms with Crippen molar-refractivity contribution in [2.24, 2.45) is 5.92 Å². The first-order valence-electron chi connectivity index (χ1n) is 16.3. The normalized spacial score (nSPS) is 12.2. The molecule has 0 rings (SSSR count). The zero-order valence-electron chi connectivity index (χ0n) is 25.0. The summed E-state index contributed by atoms with van der Waals surface area (Å²) >= 11 is 0. The van der Waals surface area contributed by atoms with Gasteiger partial charge in [0.1, 0.15) is 0 Å². The average Bonchev–Trinajstić information content (AvgIpc) is 2.84. The summed E-state index contributed by atoms with van der Waals surface area (Å²) < 4.78 is 0. The fraction of sp³-hybridized carbons (Fsp3) is 0.970. The molecular formula is C33H67NO. The van der Waals surface area contributed by atoms with Gasteiger partial charge in [0.25, 0.3) is 0 Å². The molecule has 35 heavy (non-hydrogen) atoms. The molecule has 2 nitrogen and oxygen atoms in total. The van der Waals surface area contributed by atoms with Crippen LogP contribution in [-0.2, 0) is 4.79 Å². The second kappa shape index (κ2) is 28.0. The predicted molar refractivity (Wildman–Crippen MR) is 158 cm³/mol. The van der Waals surface area contributed by atoms with Crippen LogP contribution in [0.15, 0.2) is 0 Å². The van der Waals surface area contributed by atoms with Crippen LogP contribution in [0.4, 0.5) is 0 Å². The summed E-state index contributed by atoms with van der Waals surface area (Å²) in [5, 5.41) is 0. The topological polar surface area (TPSA) is 20.3 Å². The Balaban J connectivity index is 3.62. The van der Waals surface area contributed by atoms with E-state index in [1.807, 2.05) is 14.1 Å². The highest BCUT2D eigenvalue weighted by atomic mass is 16.2. The summed E-state index contributed by atoms with van der Waals surface area (Å²) in [6, 6.07) is 0. The average molecular weight is 494 g/mol. The van der Waals surface area contributed by atoms with E-state index in [1.165, 1.54) is 167 Å². The molecule has 0 aromatic carbocycles. The lowest BCUT2D eigenvalue weighted by Crippen LogP contribution is -2.24. The molecular weight excluding hydrogens is 426 g/mol. The Kier molecular flexibility index (Phi) is 27.6. The standard InChI is InChI=1S/C33H67NO/c1-5-7-9-11-13-14-15-16-17-18-19-20-21-22-24-26-28-30-32(31-33(35)34(3)4)29-27-25-23-12-10-8-6-2/h32H,5-31H2,1-4H3. The minimum Gasteiger partial charge on any atom is -0.349 e. The molecule has 0 N–H and O–H groups in total. The number of amides is 1.